The van der Waals surface area contributed by atoms with Gasteiger partial charge in [-0.1, -0.05) is 62.4 Å². The molecule has 0 heterocycles. The van der Waals surface area contributed by atoms with Crippen LogP contribution in [0.1, 0.15) is 90.9 Å². The molecule has 38 heavy (non-hydrogen) atoms. The average molecular weight is 519 g/mol. The van der Waals surface area contributed by atoms with Gasteiger partial charge in [0.05, 0.1) is 10.8 Å². The van der Waals surface area contributed by atoms with Crippen LogP contribution in [0.5, 0.6) is 11.5 Å². The van der Waals surface area contributed by atoms with E-state index in [0.29, 0.717) is 17.6 Å². The van der Waals surface area contributed by atoms with Crippen molar-refractivity contribution in [2.75, 3.05) is 0 Å². The smallest absolute Gasteiger partial charge is 0.316 e. The molecule has 1 unspecified atom stereocenters. The molecule has 5 heteroatoms. The van der Waals surface area contributed by atoms with E-state index in [1.807, 2.05) is 53.7 Å². The Labute approximate surface area is 227 Å². The fourth-order valence-electron chi connectivity index (χ4n) is 4.17. The van der Waals surface area contributed by atoms with E-state index in [-0.39, 0.29) is 29.2 Å². The van der Waals surface area contributed by atoms with Gasteiger partial charge in [0.25, 0.3) is 0 Å². The summed E-state index contributed by atoms with van der Waals surface area (Å²) in [4.78, 5) is 24.4. The van der Waals surface area contributed by atoms with Crippen molar-refractivity contribution in [3.8, 4) is 11.5 Å². The standard InChI is InChI=1S/C17H24O2.C16H18O3/c1-4-17(2,3)16(18)19-15-12-8-6-10-13-9-5-7-11-14(13)15;1-4-16(2,3)15(18)19-14-10-6-7-11-12(14)8-5-9-13(11)17/h5,7,9,11,15H,4,6,8,10,12H2,1-3H3;5-10,17H,4H2,1-3H3. The highest BCUT2D eigenvalue weighted by atomic mass is 16.5. The maximum atomic E-state index is 12.3. The molecule has 0 aromatic heterocycles. The Morgan fingerprint density at radius 2 is 1.45 bits per heavy atom. The summed E-state index contributed by atoms with van der Waals surface area (Å²) in [5.41, 5.74) is 1.65. The molecule has 3 aromatic carbocycles. The largest absolute Gasteiger partial charge is 0.507 e. The molecule has 3 aromatic rings. The Morgan fingerprint density at radius 3 is 2.16 bits per heavy atom. The maximum absolute atomic E-state index is 12.3. The van der Waals surface area contributed by atoms with Crippen LogP contribution in [0.2, 0.25) is 0 Å². The monoisotopic (exact) mass is 518 g/mol. The van der Waals surface area contributed by atoms with Crippen LogP contribution in [0.3, 0.4) is 0 Å². The predicted molar refractivity (Wildman–Crippen MR) is 152 cm³/mol. The molecule has 1 aliphatic rings. The Hall–Kier alpha value is -3.34. The van der Waals surface area contributed by atoms with Crippen molar-refractivity contribution in [2.24, 2.45) is 10.8 Å². The molecule has 0 saturated carbocycles. The minimum Gasteiger partial charge on any atom is -0.507 e. The Morgan fingerprint density at radius 1 is 0.816 bits per heavy atom. The molecule has 204 valence electrons. The first-order valence-electron chi connectivity index (χ1n) is 13.7. The van der Waals surface area contributed by atoms with Gasteiger partial charge in [-0.25, -0.2) is 0 Å². The highest BCUT2D eigenvalue weighted by Crippen LogP contribution is 2.35. The van der Waals surface area contributed by atoms with Gasteiger partial charge in [0.1, 0.15) is 17.6 Å². The van der Waals surface area contributed by atoms with Crippen LogP contribution >= 0.6 is 0 Å². The van der Waals surface area contributed by atoms with Gasteiger partial charge in [-0.05, 0) is 89.5 Å². The molecule has 5 nitrogen and oxygen atoms in total. The second-order valence-corrected chi connectivity index (χ2v) is 11.3. The van der Waals surface area contributed by atoms with Gasteiger partial charge in [0.15, 0.2) is 0 Å². The van der Waals surface area contributed by atoms with Gasteiger partial charge in [-0.2, -0.15) is 0 Å². The molecule has 4 rings (SSSR count). The first-order valence-corrected chi connectivity index (χ1v) is 13.7. The molecule has 0 amide bonds. The van der Waals surface area contributed by atoms with E-state index in [4.69, 9.17) is 9.47 Å². The van der Waals surface area contributed by atoms with E-state index in [1.165, 1.54) is 17.5 Å². The Kier molecular flexibility index (Phi) is 9.59. The van der Waals surface area contributed by atoms with Gasteiger partial charge in [-0.15, -0.1) is 0 Å². The van der Waals surface area contributed by atoms with Gasteiger partial charge < -0.3 is 14.6 Å². The van der Waals surface area contributed by atoms with Crippen molar-refractivity contribution in [3.63, 3.8) is 0 Å². The third kappa shape index (κ3) is 6.94. The maximum Gasteiger partial charge on any atom is 0.316 e. The number of phenols is 1. The number of phenolic OH excluding ortho intramolecular Hbond substituents is 1. The molecule has 0 bridgehead atoms. The summed E-state index contributed by atoms with van der Waals surface area (Å²) in [6.07, 6.45) is 5.81. The number of fused-ring (bicyclic) bond motifs is 2. The van der Waals surface area contributed by atoms with Crippen molar-refractivity contribution in [1.82, 2.24) is 0 Å². The zero-order valence-corrected chi connectivity index (χ0v) is 23.7. The van der Waals surface area contributed by atoms with Crippen molar-refractivity contribution >= 4 is 22.7 Å². The van der Waals surface area contributed by atoms with Crippen LogP contribution in [-0.2, 0) is 20.7 Å². The molecule has 1 atom stereocenters. The summed E-state index contributed by atoms with van der Waals surface area (Å²) in [5.74, 6) is 0.340. The number of aryl methyl sites for hydroxylation is 1. The number of esters is 2. The van der Waals surface area contributed by atoms with Crippen molar-refractivity contribution in [1.29, 1.82) is 0 Å². The van der Waals surface area contributed by atoms with Crippen LogP contribution in [0.4, 0.5) is 0 Å². The van der Waals surface area contributed by atoms with Gasteiger partial charge >= 0.3 is 11.9 Å². The van der Waals surface area contributed by atoms with E-state index in [9.17, 15) is 14.7 Å². The first kappa shape index (κ1) is 29.2. The van der Waals surface area contributed by atoms with Crippen LogP contribution in [0.25, 0.3) is 10.8 Å². The minimum atomic E-state index is -0.515. The lowest BCUT2D eigenvalue weighted by atomic mass is 9.90. The number of benzene rings is 3. The van der Waals surface area contributed by atoms with Crippen molar-refractivity contribution < 1.29 is 24.2 Å². The highest BCUT2D eigenvalue weighted by Gasteiger charge is 2.31. The molecular weight excluding hydrogens is 476 g/mol. The van der Waals surface area contributed by atoms with Crippen LogP contribution in [-0.4, -0.2) is 17.0 Å². The summed E-state index contributed by atoms with van der Waals surface area (Å²) in [7, 11) is 0. The Bertz CT molecular complexity index is 1260. The molecular formula is C33H42O5. The van der Waals surface area contributed by atoms with E-state index >= 15 is 0 Å². The number of hydrogen-bond acceptors (Lipinski definition) is 5. The molecule has 0 radical (unpaired) electrons. The third-order valence-electron chi connectivity index (χ3n) is 7.75. The summed E-state index contributed by atoms with van der Waals surface area (Å²) in [6, 6.07) is 18.9. The summed E-state index contributed by atoms with van der Waals surface area (Å²) < 4.78 is 11.3. The van der Waals surface area contributed by atoms with Crippen LogP contribution in [0, 0.1) is 10.8 Å². The van der Waals surface area contributed by atoms with Gasteiger partial charge in [0, 0.05) is 10.8 Å². The minimum absolute atomic E-state index is 0.0583. The zero-order chi connectivity index (χ0) is 27.9. The number of hydrogen-bond donors (Lipinski definition) is 1. The quantitative estimate of drug-likeness (QED) is 0.202. The average Bonchev–Trinajstić information content (AvgIpc) is 3.11. The molecule has 0 fully saturated rings. The molecule has 1 aliphatic carbocycles. The van der Waals surface area contributed by atoms with Crippen LogP contribution < -0.4 is 4.74 Å². The summed E-state index contributed by atoms with van der Waals surface area (Å²) in [6.45, 7) is 11.6. The highest BCUT2D eigenvalue weighted by molar-refractivity contribution is 5.94. The Balaban J connectivity index is 0.000000211. The molecule has 1 N–H and O–H groups in total. The topological polar surface area (TPSA) is 72.8 Å². The number of aromatic hydroxyl groups is 1. The third-order valence-corrected chi connectivity index (χ3v) is 7.75. The lowest BCUT2D eigenvalue weighted by Gasteiger charge is -2.25. The summed E-state index contributed by atoms with van der Waals surface area (Å²) in [5, 5.41) is 11.2. The van der Waals surface area contributed by atoms with E-state index in [2.05, 4.69) is 18.2 Å². The first-order chi connectivity index (χ1) is 18.0. The van der Waals surface area contributed by atoms with E-state index < -0.39 is 5.41 Å². The lowest BCUT2D eigenvalue weighted by Crippen LogP contribution is -2.28. The fourth-order valence-corrected chi connectivity index (χ4v) is 4.17. The molecule has 0 spiro atoms. The van der Waals surface area contributed by atoms with Gasteiger partial charge in [0.2, 0.25) is 0 Å². The molecule has 0 aliphatic heterocycles. The zero-order valence-electron chi connectivity index (χ0n) is 23.7. The fraction of sp³-hybridized carbons (Fsp3) is 0.455. The van der Waals surface area contributed by atoms with Crippen LogP contribution in [0.15, 0.2) is 60.7 Å². The number of carbonyl (C=O) groups excluding carboxylic acids is 2. The number of carbonyl (C=O) groups is 2. The van der Waals surface area contributed by atoms with Gasteiger partial charge in [-0.3, -0.25) is 9.59 Å². The SMILES string of the molecule is CCC(C)(C)C(=O)OC1CCCCc2ccccc21.CCC(C)(C)C(=O)Oc1cccc2c(O)cccc12. The second kappa shape index (κ2) is 12.5. The normalized spacial score (nSPS) is 15.5. The number of rotatable bonds is 6. The second-order valence-electron chi connectivity index (χ2n) is 11.3. The van der Waals surface area contributed by atoms with Crippen molar-refractivity contribution in [3.05, 3.63) is 71.8 Å². The lowest BCUT2D eigenvalue weighted by molar-refractivity contribution is -0.160. The number of ether oxygens (including phenoxy) is 2. The van der Waals surface area contributed by atoms with Crippen molar-refractivity contribution in [2.45, 2.75) is 86.2 Å². The summed E-state index contributed by atoms with van der Waals surface area (Å²) >= 11 is 0. The molecule has 0 saturated heterocycles. The van der Waals surface area contributed by atoms with E-state index in [0.717, 1.165) is 31.1 Å². The predicted octanol–water partition coefficient (Wildman–Crippen LogP) is 8.32. The van der Waals surface area contributed by atoms with E-state index in [1.54, 1.807) is 30.3 Å².